The maximum Gasteiger partial charge on any atom is 0.265 e. The lowest BCUT2D eigenvalue weighted by atomic mass is 10.0. The van der Waals surface area contributed by atoms with Crippen molar-refractivity contribution < 1.29 is 17.6 Å². The Morgan fingerprint density at radius 1 is 0.931 bits per heavy atom. The molecule has 0 unspecified atom stereocenters. The second-order valence-corrected chi connectivity index (χ2v) is 8.59. The zero-order valence-electron chi connectivity index (χ0n) is 15.5. The smallest absolute Gasteiger partial charge is 0.265 e. The van der Waals surface area contributed by atoms with Crippen molar-refractivity contribution in [2.75, 3.05) is 17.4 Å². The molecule has 1 aliphatic heterocycles. The summed E-state index contributed by atoms with van der Waals surface area (Å²) in [6, 6.07) is 20.0. The van der Waals surface area contributed by atoms with Crippen LogP contribution in [0.5, 0.6) is 0 Å². The van der Waals surface area contributed by atoms with Crippen LogP contribution in [0.2, 0.25) is 0 Å². The molecular weight excluding hydrogens is 391 g/mol. The van der Waals surface area contributed by atoms with Crippen LogP contribution >= 0.6 is 0 Å². The molecule has 4 rings (SSSR count). The van der Waals surface area contributed by atoms with Crippen LogP contribution in [0.25, 0.3) is 11.1 Å². The number of amides is 1. The molecule has 0 saturated carbocycles. The minimum absolute atomic E-state index is 0.0650. The summed E-state index contributed by atoms with van der Waals surface area (Å²) < 4.78 is 41.2. The van der Waals surface area contributed by atoms with Crippen LogP contribution in [0.3, 0.4) is 0 Å². The van der Waals surface area contributed by atoms with Gasteiger partial charge in [0.15, 0.2) is 0 Å². The quantitative estimate of drug-likeness (QED) is 0.701. The number of sulfonamides is 1. The van der Waals surface area contributed by atoms with E-state index in [-0.39, 0.29) is 11.4 Å². The molecule has 0 aliphatic carbocycles. The molecule has 1 aliphatic rings. The summed E-state index contributed by atoms with van der Waals surface area (Å²) in [5.74, 6) is -0.885. The summed E-state index contributed by atoms with van der Waals surface area (Å²) in [6.07, 6.45) is 0.643. The van der Waals surface area contributed by atoms with Gasteiger partial charge in [-0.25, -0.2) is 12.8 Å². The number of anilines is 1. The van der Waals surface area contributed by atoms with Crippen LogP contribution in [0.15, 0.2) is 77.7 Å². The van der Waals surface area contributed by atoms with Crippen molar-refractivity contribution in [2.45, 2.75) is 11.3 Å². The third-order valence-corrected chi connectivity index (χ3v) is 6.66. The number of hydrogen-bond acceptors (Lipinski definition) is 3. The summed E-state index contributed by atoms with van der Waals surface area (Å²) in [4.78, 5) is 12.6. The number of carbonyl (C=O) groups is 1. The van der Waals surface area contributed by atoms with E-state index in [9.17, 15) is 17.6 Å². The number of nitrogens with one attached hydrogen (secondary N) is 1. The fourth-order valence-electron chi connectivity index (χ4n) is 3.45. The van der Waals surface area contributed by atoms with Crippen LogP contribution in [-0.2, 0) is 21.2 Å². The second kappa shape index (κ2) is 7.67. The van der Waals surface area contributed by atoms with Crippen molar-refractivity contribution in [3.8, 4) is 11.1 Å². The molecular formula is C22H19FN2O3S. The number of benzene rings is 3. The van der Waals surface area contributed by atoms with Gasteiger partial charge in [-0.05, 0) is 36.2 Å². The first-order valence-electron chi connectivity index (χ1n) is 9.19. The van der Waals surface area contributed by atoms with E-state index in [1.165, 1.54) is 24.3 Å². The summed E-state index contributed by atoms with van der Waals surface area (Å²) >= 11 is 0. The summed E-state index contributed by atoms with van der Waals surface area (Å²) in [5, 5.41) is 2.76. The van der Waals surface area contributed by atoms with Gasteiger partial charge in [0.2, 0.25) is 5.91 Å². The highest BCUT2D eigenvalue weighted by molar-refractivity contribution is 7.93. The van der Waals surface area contributed by atoms with E-state index in [1.54, 1.807) is 18.2 Å². The van der Waals surface area contributed by atoms with Crippen LogP contribution in [-0.4, -0.2) is 27.4 Å². The van der Waals surface area contributed by atoms with Gasteiger partial charge in [-0.2, -0.15) is 0 Å². The fraction of sp³-hybridized carbons (Fsp3) is 0.136. The minimum Gasteiger partial charge on any atom is -0.354 e. The van der Waals surface area contributed by atoms with Crippen molar-refractivity contribution >= 4 is 21.6 Å². The SMILES string of the molecule is O=C(CN1c2ccc(F)cc2-c2ccccc2S1(=O)=O)NCCc1ccccc1. The van der Waals surface area contributed by atoms with Crippen LogP contribution < -0.4 is 9.62 Å². The molecule has 0 atom stereocenters. The maximum atomic E-state index is 13.9. The third-order valence-electron chi connectivity index (χ3n) is 4.84. The van der Waals surface area contributed by atoms with Gasteiger partial charge in [0, 0.05) is 17.7 Å². The molecule has 1 N–H and O–H groups in total. The van der Waals surface area contributed by atoms with Crippen molar-refractivity contribution in [1.82, 2.24) is 5.32 Å². The topological polar surface area (TPSA) is 66.5 Å². The molecule has 148 valence electrons. The average molecular weight is 410 g/mol. The molecule has 3 aromatic carbocycles. The summed E-state index contributed by atoms with van der Waals surface area (Å²) in [6.45, 7) is 0.0215. The van der Waals surface area contributed by atoms with Gasteiger partial charge in [0.25, 0.3) is 10.0 Å². The normalized spacial score (nSPS) is 14.0. The minimum atomic E-state index is -3.93. The van der Waals surface area contributed by atoms with Crippen molar-refractivity contribution in [3.63, 3.8) is 0 Å². The maximum absolute atomic E-state index is 13.9. The zero-order valence-corrected chi connectivity index (χ0v) is 16.3. The lowest BCUT2D eigenvalue weighted by molar-refractivity contribution is -0.119. The number of carbonyl (C=O) groups excluding carboxylic acids is 1. The van der Waals surface area contributed by atoms with Gasteiger partial charge < -0.3 is 5.32 Å². The molecule has 7 heteroatoms. The molecule has 0 spiro atoms. The molecule has 29 heavy (non-hydrogen) atoms. The third kappa shape index (κ3) is 3.73. The molecule has 5 nitrogen and oxygen atoms in total. The highest BCUT2D eigenvalue weighted by atomic mass is 32.2. The van der Waals surface area contributed by atoms with E-state index in [4.69, 9.17) is 0 Å². The lowest BCUT2D eigenvalue weighted by Gasteiger charge is -2.31. The largest absolute Gasteiger partial charge is 0.354 e. The molecule has 1 heterocycles. The summed E-state index contributed by atoms with van der Waals surface area (Å²) in [7, 11) is -3.93. The van der Waals surface area contributed by atoms with E-state index >= 15 is 0 Å². The van der Waals surface area contributed by atoms with Gasteiger partial charge in [0.1, 0.15) is 12.4 Å². The van der Waals surface area contributed by atoms with Gasteiger partial charge in [-0.3, -0.25) is 9.10 Å². The predicted molar refractivity (Wildman–Crippen MR) is 110 cm³/mol. The van der Waals surface area contributed by atoms with E-state index in [0.29, 0.717) is 29.8 Å². The Hall–Kier alpha value is -3.19. The Balaban J connectivity index is 1.58. The summed E-state index contributed by atoms with van der Waals surface area (Å²) in [5.41, 5.74) is 2.26. The highest BCUT2D eigenvalue weighted by Gasteiger charge is 2.35. The van der Waals surface area contributed by atoms with Crippen molar-refractivity contribution in [3.05, 3.63) is 84.2 Å². The number of halogens is 1. The molecule has 0 fully saturated rings. The Bertz CT molecular complexity index is 1160. The first kappa shape index (κ1) is 19.1. The first-order chi connectivity index (χ1) is 14.0. The van der Waals surface area contributed by atoms with Crippen LogP contribution in [0, 0.1) is 5.82 Å². The van der Waals surface area contributed by atoms with E-state index in [0.717, 1.165) is 9.87 Å². The van der Waals surface area contributed by atoms with Gasteiger partial charge in [-0.1, -0.05) is 48.5 Å². The average Bonchev–Trinajstić information content (AvgIpc) is 2.72. The van der Waals surface area contributed by atoms with Crippen molar-refractivity contribution in [2.24, 2.45) is 0 Å². The van der Waals surface area contributed by atoms with E-state index < -0.39 is 21.7 Å². The highest BCUT2D eigenvalue weighted by Crippen LogP contribution is 2.42. The van der Waals surface area contributed by atoms with Gasteiger partial charge in [-0.15, -0.1) is 0 Å². The molecule has 3 aromatic rings. The van der Waals surface area contributed by atoms with E-state index in [2.05, 4.69) is 5.32 Å². The first-order valence-corrected chi connectivity index (χ1v) is 10.6. The van der Waals surface area contributed by atoms with Crippen LogP contribution in [0.1, 0.15) is 5.56 Å². The van der Waals surface area contributed by atoms with Crippen LogP contribution in [0.4, 0.5) is 10.1 Å². The van der Waals surface area contributed by atoms with Gasteiger partial charge >= 0.3 is 0 Å². The standard InChI is InChI=1S/C22H19FN2O3S/c23-17-10-11-20-19(14-17)18-8-4-5-9-21(18)29(27,28)25(20)15-22(26)24-13-12-16-6-2-1-3-7-16/h1-11,14H,12-13,15H2,(H,24,26). The van der Waals surface area contributed by atoms with Gasteiger partial charge in [0.05, 0.1) is 10.6 Å². The Labute approximate surface area is 168 Å². The molecule has 0 radical (unpaired) electrons. The number of nitrogens with zero attached hydrogens (tertiary/aromatic N) is 1. The lowest BCUT2D eigenvalue weighted by Crippen LogP contribution is -2.43. The number of fused-ring (bicyclic) bond motifs is 3. The molecule has 1 amide bonds. The zero-order chi connectivity index (χ0) is 20.4. The van der Waals surface area contributed by atoms with E-state index in [1.807, 2.05) is 30.3 Å². The molecule has 0 bridgehead atoms. The molecule has 0 aromatic heterocycles. The Morgan fingerprint density at radius 2 is 1.66 bits per heavy atom. The monoisotopic (exact) mass is 410 g/mol. The van der Waals surface area contributed by atoms with Crippen molar-refractivity contribution in [1.29, 1.82) is 0 Å². The molecule has 0 saturated heterocycles. The Kier molecular flexibility index (Phi) is 5.07. The second-order valence-electron chi connectivity index (χ2n) is 6.75. The number of hydrogen-bond donors (Lipinski definition) is 1. The predicted octanol–water partition coefficient (Wildman–Crippen LogP) is 3.36. The number of rotatable bonds is 5. The fourth-order valence-corrected chi connectivity index (χ4v) is 5.10. The Morgan fingerprint density at radius 3 is 2.45 bits per heavy atom.